The second-order valence-electron chi connectivity index (χ2n) is 9.62. The first kappa shape index (κ1) is 26.1. The average Bonchev–Trinajstić information content (AvgIpc) is 3.54. The summed E-state index contributed by atoms with van der Waals surface area (Å²) in [5.41, 5.74) is 3.54. The molecule has 6 nitrogen and oxygen atoms in total. The zero-order valence-corrected chi connectivity index (χ0v) is 23.1. The number of fused-ring (bicyclic) bond motifs is 2. The second-order valence-corrected chi connectivity index (χ2v) is 12.4. The summed E-state index contributed by atoms with van der Waals surface area (Å²) in [5.74, 6) is 1.14. The van der Waals surface area contributed by atoms with Gasteiger partial charge in [0.2, 0.25) is 10.0 Å². The Kier molecular flexibility index (Phi) is 7.83. The lowest BCUT2D eigenvalue weighted by Crippen LogP contribution is -2.46. The molecule has 0 unspecified atom stereocenters. The van der Waals surface area contributed by atoms with Gasteiger partial charge in [0.05, 0.1) is 9.60 Å². The van der Waals surface area contributed by atoms with E-state index in [0.717, 1.165) is 62.5 Å². The third-order valence-electron chi connectivity index (χ3n) is 7.32. The van der Waals surface area contributed by atoms with Gasteiger partial charge in [0.25, 0.3) is 0 Å². The molecular formula is C28H31ClN4O2S2. The van der Waals surface area contributed by atoms with Crippen molar-refractivity contribution >= 4 is 49.9 Å². The van der Waals surface area contributed by atoms with Crippen LogP contribution in [0.1, 0.15) is 23.1 Å². The normalized spacial score (nSPS) is 16.6. The number of halogens is 1. The van der Waals surface area contributed by atoms with E-state index >= 15 is 0 Å². The Balaban J connectivity index is 0.00000280. The Hall–Kier alpha value is -2.49. The minimum absolute atomic E-state index is 0. The smallest absolute Gasteiger partial charge is 0.243 e. The number of benzene rings is 3. The standard InChI is InChI=1S/C28H30N4O2S2.ClH/c33-36(34,25-8-2-1-3-9-25)32-20-23-13-12-22(19-24(23)21-32)7-6-14-30-15-17-31(18-16-30)28-26-10-4-5-11-27(26)35-29-28;/h1-5,8-13,19H,6-7,14-18,20-21H2;1H. The molecule has 2 aliphatic heterocycles. The van der Waals surface area contributed by atoms with Gasteiger partial charge in [0.1, 0.15) is 5.82 Å². The van der Waals surface area contributed by atoms with Gasteiger partial charge in [-0.15, -0.1) is 12.4 Å². The van der Waals surface area contributed by atoms with Crippen molar-refractivity contribution in [2.45, 2.75) is 30.8 Å². The Morgan fingerprint density at radius 1 is 0.838 bits per heavy atom. The van der Waals surface area contributed by atoms with E-state index in [9.17, 15) is 8.42 Å². The van der Waals surface area contributed by atoms with Crippen LogP contribution in [0.3, 0.4) is 0 Å². The quantitative estimate of drug-likeness (QED) is 0.315. The Bertz CT molecular complexity index is 1470. The minimum atomic E-state index is -3.47. The summed E-state index contributed by atoms with van der Waals surface area (Å²) in [5, 5.41) is 1.27. The minimum Gasteiger partial charge on any atom is -0.353 e. The third kappa shape index (κ3) is 5.40. The SMILES string of the molecule is Cl.O=S(=O)(c1ccccc1)N1Cc2ccc(CCCN3CCN(c4nsc5ccccc45)CC3)cc2C1. The van der Waals surface area contributed by atoms with Gasteiger partial charge in [-0.1, -0.05) is 48.5 Å². The molecule has 3 heterocycles. The molecule has 0 bridgehead atoms. The average molecular weight is 555 g/mol. The van der Waals surface area contributed by atoms with Crippen molar-refractivity contribution < 1.29 is 8.42 Å². The second kappa shape index (κ2) is 11.1. The lowest BCUT2D eigenvalue weighted by Gasteiger charge is -2.35. The zero-order valence-electron chi connectivity index (χ0n) is 20.6. The van der Waals surface area contributed by atoms with Crippen LogP contribution in [0.25, 0.3) is 10.1 Å². The van der Waals surface area contributed by atoms with Gasteiger partial charge in [0, 0.05) is 44.7 Å². The van der Waals surface area contributed by atoms with Crippen molar-refractivity contribution in [1.29, 1.82) is 0 Å². The molecule has 0 N–H and O–H groups in total. The zero-order chi connectivity index (χ0) is 24.5. The first-order valence-corrected chi connectivity index (χ1v) is 14.8. The first-order valence-electron chi connectivity index (χ1n) is 12.6. The molecule has 0 aliphatic carbocycles. The monoisotopic (exact) mass is 554 g/mol. The molecule has 0 atom stereocenters. The van der Waals surface area contributed by atoms with Crippen molar-refractivity contribution in [2.24, 2.45) is 0 Å². The Morgan fingerprint density at radius 2 is 1.57 bits per heavy atom. The number of anilines is 1. The molecule has 0 amide bonds. The Labute approximate surface area is 229 Å². The van der Waals surface area contributed by atoms with Crippen molar-refractivity contribution in [2.75, 3.05) is 37.6 Å². The number of piperazine rings is 1. The number of hydrogen-bond acceptors (Lipinski definition) is 6. The maximum absolute atomic E-state index is 13.0. The highest BCUT2D eigenvalue weighted by molar-refractivity contribution is 7.89. The van der Waals surface area contributed by atoms with Gasteiger partial charge >= 0.3 is 0 Å². The maximum atomic E-state index is 13.0. The van der Waals surface area contributed by atoms with E-state index in [1.165, 1.54) is 15.6 Å². The molecular weight excluding hydrogens is 524 g/mol. The first-order chi connectivity index (χ1) is 17.6. The van der Waals surface area contributed by atoms with Crippen LogP contribution in [0.2, 0.25) is 0 Å². The van der Waals surface area contributed by atoms with E-state index in [2.05, 4.69) is 52.3 Å². The fourth-order valence-electron chi connectivity index (χ4n) is 5.27. The largest absolute Gasteiger partial charge is 0.353 e. The summed E-state index contributed by atoms with van der Waals surface area (Å²) >= 11 is 1.59. The highest BCUT2D eigenvalue weighted by Gasteiger charge is 2.30. The molecule has 3 aromatic carbocycles. The molecule has 2 aliphatic rings. The summed E-state index contributed by atoms with van der Waals surface area (Å²) in [6, 6.07) is 23.7. The number of sulfonamides is 1. The van der Waals surface area contributed by atoms with E-state index in [0.29, 0.717) is 18.0 Å². The molecule has 4 aromatic rings. The molecule has 1 aromatic heterocycles. The molecule has 37 heavy (non-hydrogen) atoms. The van der Waals surface area contributed by atoms with Crippen LogP contribution in [-0.4, -0.2) is 54.7 Å². The molecule has 0 saturated carbocycles. The highest BCUT2D eigenvalue weighted by Crippen LogP contribution is 2.31. The highest BCUT2D eigenvalue weighted by atomic mass is 35.5. The fourth-order valence-corrected chi connectivity index (χ4v) is 7.49. The number of hydrogen-bond donors (Lipinski definition) is 0. The predicted octanol–water partition coefficient (Wildman–Crippen LogP) is 5.18. The third-order valence-corrected chi connectivity index (χ3v) is 9.94. The predicted molar refractivity (Wildman–Crippen MR) is 153 cm³/mol. The molecule has 0 spiro atoms. The van der Waals surface area contributed by atoms with Gasteiger partial charge in [-0.3, -0.25) is 4.90 Å². The van der Waals surface area contributed by atoms with E-state index < -0.39 is 10.0 Å². The summed E-state index contributed by atoms with van der Waals surface area (Å²) < 4.78 is 33.6. The summed E-state index contributed by atoms with van der Waals surface area (Å²) in [6.07, 6.45) is 2.11. The fraction of sp³-hybridized carbons (Fsp3) is 0.321. The lowest BCUT2D eigenvalue weighted by atomic mass is 10.0. The molecule has 1 saturated heterocycles. The number of nitrogens with zero attached hydrogens (tertiary/aromatic N) is 4. The van der Waals surface area contributed by atoms with E-state index in [1.54, 1.807) is 40.1 Å². The van der Waals surface area contributed by atoms with Crippen molar-refractivity contribution in [3.05, 3.63) is 89.5 Å². The summed E-state index contributed by atoms with van der Waals surface area (Å²) in [6.45, 7) is 6.12. The Morgan fingerprint density at radius 3 is 2.38 bits per heavy atom. The number of aryl methyl sites for hydroxylation is 1. The van der Waals surface area contributed by atoms with Gasteiger partial charge in [-0.25, -0.2) is 8.42 Å². The van der Waals surface area contributed by atoms with Crippen molar-refractivity contribution in [3.8, 4) is 0 Å². The molecule has 9 heteroatoms. The van der Waals surface area contributed by atoms with Crippen molar-refractivity contribution in [1.82, 2.24) is 13.6 Å². The van der Waals surface area contributed by atoms with Gasteiger partial charge in [-0.2, -0.15) is 8.68 Å². The van der Waals surface area contributed by atoms with Crippen LogP contribution in [-0.2, 0) is 29.5 Å². The molecule has 194 valence electrons. The van der Waals surface area contributed by atoms with E-state index in [-0.39, 0.29) is 12.4 Å². The number of rotatable bonds is 7. The lowest BCUT2D eigenvalue weighted by molar-refractivity contribution is 0.255. The van der Waals surface area contributed by atoms with Crippen LogP contribution in [0, 0.1) is 0 Å². The molecule has 1 fully saturated rings. The van der Waals surface area contributed by atoms with Gasteiger partial charge in [0.15, 0.2) is 0 Å². The van der Waals surface area contributed by atoms with E-state index in [1.807, 2.05) is 6.07 Å². The van der Waals surface area contributed by atoms with Crippen LogP contribution in [0.15, 0.2) is 77.7 Å². The topological polar surface area (TPSA) is 56.8 Å². The summed E-state index contributed by atoms with van der Waals surface area (Å²) in [4.78, 5) is 5.33. The van der Waals surface area contributed by atoms with Crippen LogP contribution < -0.4 is 4.90 Å². The molecule has 0 radical (unpaired) electrons. The van der Waals surface area contributed by atoms with E-state index in [4.69, 9.17) is 4.37 Å². The van der Waals surface area contributed by atoms with Crippen molar-refractivity contribution in [3.63, 3.8) is 0 Å². The molecule has 6 rings (SSSR count). The van der Waals surface area contributed by atoms with Gasteiger partial charge < -0.3 is 4.90 Å². The summed E-state index contributed by atoms with van der Waals surface area (Å²) in [7, 11) is -3.47. The van der Waals surface area contributed by atoms with Crippen LogP contribution in [0.4, 0.5) is 5.82 Å². The number of aromatic nitrogens is 1. The van der Waals surface area contributed by atoms with Gasteiger partial charge in [-0.05, 0) is 71.9 Å². The van der Waals surface area contributed by atoms with Crippen LogP contribution in [0.5, 0.6) is 0 Å². The maximum Gasteiger partial charge on any atom is 0.243 e. The van der Waals surface area contributed by atoms with Crippen LogP contribution >= 0.6 is 23.9 Å².